The molecule has 0 spiro atoms. The van der Waals surface area contributed by atoms with Crippen LogP contribution in [0.25, 0.3) is 0 Å². The number of carbonyl (C=O) groups is 1. The van der Waals surface area contributed by atoms with Gasteiger partial charge in [-0.15, -0.1) is 0 Å². The Morgan fingerprint density at radius 3 is 2.24 bits per heavy atom. The molecule has 0 heterocycles. The number of methoxy groups -OCH3 is 1. The minimum Gasteiger partial charge on any atom is -0.383 e. The first kappa shape index (κ1) is 26.5. The second kappa shape index (κ2) is 10.4. The van der Waals surface area contributed by atoms with Crippen LogP contribution in [0.1, 0.15) is 31.9 Å². The minimum atomic E-state index is -4.68. The van der Waals surface area contributed by atoms with Crippen LogP contribution in [0.3, 0.4) is 0 Å². The van der Waals surface area contributed by atoms with Crippen LogP contribution in [0.4, 0.5) is 18.0 Å². The van der Waals surface area contributed by atoms with Gasteiger partial charge in [-0.2, -0.15) is 21.6 Å². The maximum absolute atomic E-state index is 12.9. The molecule has 0 fully saturated rings. The van der Waals surface area contributed by atoms with Gasteiger partial charge in [-0.25, -0.2) is 4.79 Å². The van der Waals surface area contributed by atoms with E-state index >= 15 is 0 Å². The van der Waals surface area contributed by atoms with Crippen LogP contribution in [0.5, 0.6) is 5.75 Å². The first-order chi connectivity index (χ1) is 15.2. The van der Waals surface area contributed by atoms with E-state index in [2.05, 4.69) is 5.32 Å². The van der Waals surface area contributed by atoms with Crippen LogP contribution in [-0.4, -0.2) is 45.1 Å². The first-order valence-electron chi connectivity index (χ1n) is 9.98. The summed E-state index contributed by atoms with van der Waals surface area (Å²) in [6.45, 7) is 6.46. The Kier molecular flexibility index (Phi) is 8.36. The van der Waals surface area contributed by atoms with E-state index in [-0.39, 0.29) is 18.3 Å². The summed E-state index contributed by atoms with van der Waals surface area (Å²) in [5.74, 6) is -0.0706. The van der Waals surface area contributed by atoms with Crippen molar-refractivity contribution in [2.75, 3.05) is 20.3 Å². The Balaban J connectivity index is 2.14. The number of urea groups is 1. The van der Waals surface area contributed by atoms with Crippen molar-refractivity contribution < 1.29 is 35.3 Å². The van der Waals surface area contributed by atoms with Crippen molar-refractivity contribution in [3.8, 4) is 5.75 Å². The number of carbonyl (C=O) groups excluding carboxylic acids is 1. The number of rotatable bonds is 8. The lowest BCUT2D eigenvalue weighted by atomic mass is 10.1. The molecule has 2 amide bonds. The highest BCUT2D eigenvalue weighted by atomic mass is 32.2. The van der Waals surface area contributed by atoms with Gasteiger partial charge >= 0.3 is 22.3 Å². The highest BCUT2D eigenvalue weighted by Crippen LogP contribution is 2.31. The summed E-state index contributed by atoms with van der Waals surface area (Å²) in [4.78, 5) is 13.5. The van der Waals surface area contributed by atoms with Crippen LogP contribution in [0, 0.1) is 0 Å². The fourth-order valence-corrected chi connectivity index (χ4v) is 3.70. The Morgan fingerprint density at radius 1 is 1.06 bits per heavy atom. The molecule has 0 aliphatic heterocycles. The van der Waals surface area contributed by atoms with Gasteiger partial charge in [0.2, 0.25) is 0 Å². The first-order valence-corrected chi connectivity index (χ1v) is 11.4. The van der Waals surface area contributed by atoms with E-state index in [0.717, 1.165) is 18.2 Å². The third-order valence-electron chi connectivity index (χ3n) is 4.29. The molecule has 2 rings (SSSR count). The Bertz CT molecular complexity index is 1050. The zero-order valence-corrected chi connectivity index (χ0v) is 19.6. The van der Waals surface area contributed by atoms with Crippen molar-refractivity contribution in [2.45, 2.75) is 43.9 Å². The number of benzene rings is 2. The van der Waals surface area contributed by atoms with Crippen LogP contribution >= 0.6 is 0 Å². The van der Waals surface area contributed by atoms with Gasteiger partial charge in [0.1, 0.15) is 10.6 Å². The molecule has 33 heavy (non-hydrogen) atoms. The SMILES string of the molecule is COCCN(Cc1ccc(OS(=O)(=O)c2cccc(C(F)(F)F)c2)cc1)C(=O)NC(C)(C)C. The van der Waals surface area contributed by atoms with E-state index in [0.29, 0.717) is 24.8 Å². The normalized spacial score (nSPS) is 12.3. The van der Waals surface area contributed by atoms with E-state index in [9.17, 15) is 26.4 Å². The van der Waals surface area contributed by atoms with Gasteiger partial charge < -0.3 is 19.1 Å². The molecule has 0 aliphatic carbocycles. The largest absolute Gasteiger partial charge is 0.416 e. The average molecular weight is 489 g/mol. The molecule has 0 atom stereocenters. The zero-order valence-electron chi connectivity index (χ0n) is 18.8. The van der Waals surface area contributed by atoms with Crippen molar-refractivity contribution in [1.82, 2.24) is 10.2 Å². The van der Waals surface area contributed by atoms with Gasteiger partial charge in [0.05, 0.1) is 12.2 Å². The second-order valence-corrected chi connectivity index (χ2v) is 9.85. The smallest absolute Gasteiger partial charge is 0.383 e. The summed E-state index contributed by atoms with van der Waals surface area (Å²) >= 11 is 0. The van der Waals surface area contributed by atoms with Crippen LogP contribution < -0.4 is 9.50 Å². The summed E-state index contributed by atoms with van der Waals surface area (Å²) in [6.07, 6.45) is -4.68. The molecule has 1 N–H and O–H groups in total. The van der Waals surface area contributed by atoms with E-state index in [1.807, 2.05) is 20.8 Å². The van der Waals surface area contributed by atoms with E-state index < -0.39 is 32.3 Å². The van der Waals surface area contributed by atoms with Crippen LogP contribution in [0.15, 0.2) is 53.4 Å². The molecule has 0 bridgehead atoms. The Labute approximate surface area is 191 Å². The lowest BCUT2D eigenvalue weighted by Gasteiger charge is -2.28. The number of nitrogens with zero attached hydrogens (tertiary/aromatic N) is 1. The second-order valence-electron chi connectivity index (χ2n) is 8.30. The predicted octanol–water partition coefficient (Wildman–Crippen LogP) is 4.43. The highest BCUT2D eigenvalue weighted by Gasteiger charge is 2.32. The van der Waals surface area contributed by atoms with E-state index in [4.69, 9.17) is 8.92 Å². The molecule has 182 valence electrons. The molecule has 0 aliphatic rings. The number of halogens is 3. The monoisotopic (exact) mass is 488 g/mol. The molecule has 11 heteroatoms. The number of hydrogen-bond donors (Lipinski definition) is 1. The number of nitrogens with one attached hydrogen (secondary N) is 1. The predicted molar refractivity (Wildman–Crippen MR) is 116 cm³/mol. The van der Waals surface area contributed by atoms with Crippen molar-refractivity contribution >= 4 is 16.1 Å². The lowest BCUT2D eigenvalue weighted by Crippen LogP contribution is -2.49. The quantitative estimate of drug-likeness (QED) is 0.556. The molecular weight excluding hydrogens is 461 g/mol. The van der Waals surface area contributed by atoms with Crippen molar-refractivity contribution in [2.24, 2.45) is 0 Å². The number of ether oxygens (including phenoxy) is 1. The third-order valence-corrected chi connectivity index (χ3v) is 5.53. The molecule has 0 saturated heterocycles. The molecule has 2 aromatic rings. The average Bonchev–Trinajstić information content (AvgIpc) is 2.70. The molecule has 0 saturated carbocycles. The molecule has 0 radical (unpaired) electrons. The van der Waals surface area contributed by atoms with Gasteiger partial charge in [0.15, 0.2) is 0 Å². The van der Waals surface area contributed by atoms with Crippen LogP contribution in [-0.2, 0) is 27.6 Å². The molecule has 0 aromatic heterocycles. The minimum absolute atomic E-state index is 0.0706. The van der Waals surface area contributed by atoms with E-state index in [1.165, 1.54) is 19.2 Å². The summed E-state index contributed by atoms with van der Waals surface area (Å²) < 4.78 is 73.5. The third kappa shape index (κ3) is 8.25. The fraction of sp³-hybridized carbons (Fsp3) is 0.409. The van der Waals surface area contributed by atoms with E-state index in [1.54, 1.807) is 17.0 Å². The standard InChI is InChI=1S/C22H27F3N2O5S/c1-21(2,3)26-20(28)27(12-13-31-4)15-16-8-10-18(11-9-16)32-33(29,30)19-7-5-6-17(14-19)22(23,24)25/h5-11,14H,12-13,15H2,1-4H3,(H,26,28). The highest BCUT2D eigenvalue weighted by molar-refractivity contribution is 7.87. The molecule has 2 aromatic carbocycles. The van der Waals surface area contributed by atoms with Gasteiger partial charge in [0.25, 0.3) is 0 Å². The topological polar surface area (TPSA) is 84.9 Å². The summed E-state index contributed by atoms with van der Waals surface area (Å²) in [5, 5.41) is 2.87. The Hall–Kier alpha value is -2.79. The fourth-order valence-electron chi connectivity index (χ4n) is 2.73. The van der Waals surface area contributed by atoms with Gasteiger partial charge in [-0.3, -0.25) is 0 Å². The zero-order chi connectivity index (χ0) is 24.9. The summed E-state index contributed by atoms with van der Waals surface area (Å²) in [6, 6.07) is 8.92. The lowest BCUT2D eigenvalue weighted by molar-refractivity contribution is -0.137. The van der Waals surface area contributed by atoms with Gasteiger partial charge in [-0.05, 0) is 56.7 Å². The van der Waals surface area contributed by atoms with Crippen molar-refractivity contribution in [3.63, 3.8) is 0 Å². The van der Waals surface area contributed by atoms with Gasteiger partial charge in [0, 0.05) is 25.7 Å². The Morgan fingerprint density at radius 2 is 1.70 bits per heavy atom. The maximum Gasteiger partial charge on any atom is 0.416 e. The summed E-state index contributed by atoms with van der Waals surface area (Å²) in [7, 11) is -2.94. The molecule has 0 unspecified atom stereocenters. The van der Waals surface area contributed by atoms with Crippen LogP contribution in [0.2, 0.25) is 0 Å². The molecular formula is C22H27F3N2O5S. The number of alkyl halides is 3. The molecule has 7 nitrogen and oxygen atoms in total. The van der Waals surface area contributed by atoms with Gasteiger partial charge in [-0.1, -0.05) is 18.2 Å². The number of hydrogen-bond acceptors (Lipinski definition) is 5. The summed E-state index contributed by atoms with van der Waals surface area (Å²) in [5.41, 5.74) is -0.830. The number of amides is 2. The maximum atomic E-state index is 12.9. The van der Waals surface area contributed by atoms with Crippen molar-refractivity contribution in [1.29, 1.82) is 0 Å². The van der Waals surface area contributed by atoms with Crippen molar-refractivity contribution in [3.05, 3.63) is 59.7 Å².